The first-order valence-corrected chi connectivity index (χ1v) is 6.48. The SMILES string of the molecule is SC1=Cc2c(c3c(c4ccccc24)[CH]C=CC=3)=C1. The molecule has 0 nitrogen and oxygen atoms in total. The van der Waals surface area contributed by atoms with Gasteiger partial charge in [-0.3, -0.25) is 0 Å². The molecule has 0 N–H and O–H groups in total. The molecular formula is C17H11S. The number of thiol groups is 1. The normalized spacial score (nSPS) is 15.7. The molecule has 1 heteroatoms. The Balaban J connectivity index is 2.34. The highest BCUT2D eigenvalue weighted by atomic mass is 32.1. The van der Waals surface area contributed by atoms with Crippen molar-refractivity contribution in [1.29, 1.82) is 0 Å². The molecule has 0 amide bonds. The van der Waals surface area contributed by atoms with Crippen molar-refractivity contribution in [3.05, 3.63) is 69.3 Å². The van der Waals surface area contributed by atoms with Gasteiger partial charge >= 0.3 is 0 Å². The molecular weight excluding hydrogens is 236 g/mol. The van der Waals surface area contributed by atoms with Crippen LogP contribution in [0.3, 0.4) is 0 Å². The topological polar surface area (TPSA) is 0 Å². The van der Waals surface area contributed by atoms with Gasteiger partial charge in [-0.05, 0) is 44.5 Å². The second-order valence-electron chi connectivity index (χ2n) is 4.63. The van der Waals surface area contributed by atoms with Crippen molar-refractivity contribution in [1.82, 2.24) is 0 Å². The van der Waals surface area contributed by atoms with Gasteiger partial charge in [-0.15, -0.1) is 12.6 Å². The van der Waals surface area contributed by atoms with Crippen LogP contribution < -0.4 is 10.4 Å². The molecule has 85 valence electrons. The van der Waals surface area contributed by atoms with E-state index in [2.05, 4.69) is 73.7 Å². The van der Waals surface area contributed by atoms with Crippen LogP contribution in [-0.4, -0.2) is 0 Å². The van der Waals surface area contributed by atoms with E-state index in [0.29, 0.717) is 0 Å². The highest BCUT2D eigenvalue weighted by molar-refractivity contribution is 7.85. The molecule has 0 aliphatic heterocycles. The van der Waals surface area contributed by atoms with E-state index in [1.54, 1.807) is 0 Å². The zero-order valence-electron chi connectivity index (χ0n) is 9.72. The van der Waals surface area contributed by atoms with Gasteiger partial charge in [0.05, 0.1) is 0 Å². The smallest absolute Gasteiger partial charge is 0.0137 e. The molecule has 1 radical (unpaired) electrons. The summed E-state index contributed by atoms with van der Waals surface area (Å²) < 4.78 is 0. The van der Waals surface area contributed by atoms with Crippen molar-refractivity contribution in [3.63, 3.8) is 0 Å². The molecule has 2 aliphatic rings. The van der Waals surface area contributed by atoms with E-state index in [0.717, 1.165) is 4.91 Å². The van der Waals surface area contributed by atoms with E-state index in [1.807, 2.05) is 0 Å². The van der Waals surface area contributed by atoms with Gasteiger partial charge in [0.2, 0.25) is 0 Å². The molecule has 0 saturated carbocycles. The Bertz CT molecular complexity index is 851. The lowest BCUT2D eigenvalue weighted by Crippen LogP contribution is -2.30. The quantitative estimate of drug-likeness (QED) is 0.680. The average molecular weight is 247 g/mol. The molecule has 0 bridgehead atoms. The fourth-order valence-electron chi connectivity index (χ4n) is 2.84. The van der Waals surface area contributed by atoms with E-state index in [1.165, 1.54) is 32.3 Å². The Morgan fingerprint density at radius 3 is 2.39 bits per heavy atom. The second kappa shape index (κ2) is 3.63. The van der Waals surface area contributed by atoms with E-state index >= 15 is 0 Å². The van der Waals surface area contributed by atoms with Gasteiger partial charge in [0.25, 0.3) is 0 Å². The molecule has 0 spiro atoms. The van der Waals surface area contributed by atoms with Crippen LogP contribution in [-0.2, 0) is 0 Å². The van der Waals surface area contributed by atoms with Crippen molar-refractivity contribution in [3.8, 4) is 0 Å². The summed E-state index contributed by atoms with van der Waals surface area (Å²) in [5.41, 5.74) is 2.62. The summed E-state index contributed by atoms with van der Waals surface area (Å²) in [6, 6.07) is 8.59. The average Bonchev–Trinajstić information content (AvgIpc) is 2.81. The van der Waals surface area contributed by atoms with Gasteiger partial charge in [0.1, 0.15) is 0 Å². The highest BCUT2D eigenvalue weighted by Gasteiger charge is 2.13. The van der Waals surface area contributed by atoms with Crippen LogP contribution in [0.25, 0.3) is 29.0 Å². The first kappa shape index (κ1) is 10.2. The molecule has 2 aromatic carbocycles. The summed E-state index contributed by atoms with van der Waals surface area (Å²) in [4.78, 5) is 1.03. The van der Waals surface area contributed by atoms with E-state index in [9.17, 15) is 0 Å². The molecule has 4 rings (SSSR count). The minimum absolute atomic E-state index is 1.03. The predicted molar refractivity (Wildman–Crippen MR) is 81.6 cm³/mol. The van der Waals surface area contributed by atoms with E-state index in [-0.39, 0.29) is 0 Å². The third-order valence-corrected chi connectivity index (χ3v) is 3.86. The van der Waals surface area contributed by atoms with Crippen molar-refractivity contribution < 1.29 is 0 Å². The van der Waals surface area contributed by atoms with Crippen LogP contribution in [0.15, 0.2) is 41.3 Å². The Hall–Kier alpha value is -1.73. The van der Waals surface area contributed by atoms with Gasteiger partial charge in [-0.1, -0.05) is 42.5 Å². The van der Waals surface area contributed by atoms with Crippen LogP contribution in [0.4, 0.5) is 0 Å². The maximum absolute atomic E-state index is 4.49. The highest BCUT2D eigenvalue weighted by Crippen LogP contribution is 2.25. The lowest BCUT2D eigenvalue weighted by Gasteiger charge is -2.11. The van der Waals surface area contributed by atoms with Crippen LogP contribution in [0, 0.1) is 6.42 Å². The number of fused-ring (bicyclic) bond motifs is 6. The fraction of sp³-hybridized carbons (Fsp3) is 0. The van der Waals surface area contributed by atoms with Gasteiger partial charge < -0.3 is 0 Å². The van der Waals surface area contributed by atoms with E-state index in [4.69, 9.17) is 0 Å². The molecule has 2 aromatic rings. The predicted octanol–water partition coefficient (Wildman–Crippen LogP) is 2.81. The van der Waals surface area contributed by atoms with Crippen LogP contribution in [0.2, 0.25) is 0 Å². The number of hydrogen-bond donors (Lipinski definition) is 1. The van der Waals surface area contributed by atoms with Gasteiger partial charge in [-0.2, -0.15) is 0 Å². The van der Waals surface area contributed by atoms with Gasteiger partial charge in [0.15, 0.2) is 0 Å². The lowest BCUT2D eigenvalue weighted by atomic mass is 9.92. The molecule has 0 unspecified atom stereocenters. The number of benzene rings is 2. The second-order valence-corrected chi connectivity index (χ2v) is 5.15. The van der Waals surface area contributed by atoms with Crippen molar-refractivity contribution >= 4 is 41.6 Å². The number of rotatable bonds is 0. The first-order valence-electron chi connectivity index (χ1n) is 6.03. The lowest BCUT2D eigenvalue weighted by molar-refractivity contribution is 1.43. The summed E-state index contributed by atoms with van der Waals surface area (Å²) >= 11 is 4.49. The summed E-state index contributed by atoms with van der Waals surface area (Å²) in [5, 5.41) is 5.24. The third kappa shape index (κ3) is 1.28. The Morgan fingerprint density at radius 1 is 0.778 bits per heavy atom. The van der Waals surface area contributed by atoms with Gasteiger partial charge in [-0.25, -0.2) is 0 Å². The molecule has 0 fully saturated rings. The molecule has 0 saturated heterocycles. The Morgan fingerprint density at radius 2 is 1.56 bits per heavy atom. The molecule has 0 aromatic heterocycles. The summed E-state index contributed by atoms with van der Waals surface area (Å²) in [7, 11) is 0. The monoisotopic (exact) mass is 247 g/mol. The minimum atomic E-state index is 1.03. The maximum atomic E-state index is 4.49. The zero-order valence-corrected chi connectivity index (χ0v) is 10.6. The summed E-state index contributed by atoms with van der Waals surface area (Å²) in [5.74, 6) is 0. The zero-order chi connectivity index (χ0) is 12.1. The van der Waals surface area contributed by atoms with Crippen molar-refractivity contribution in [2.45, 2.75) is 0 Å². The first-order chi connectivity index (χ1) is 8.84. The molecule has 18 heavy (non-hydrogen) atoms. The molecule has 0 heterocycles. The molecule has 0 atom stereocenters. The van der Waals surface area contributed by atoms with Crippen molar-refractivity contribution in [2.75, 3.05) is 0 Å². The van der Waals surface area contributed by atoms with Crippen LogP contribution in [0.5, 0.6) is 0 Å². The fourth-order valence-corrected chi connectivity index (χ4v) is 3.10. The minimum Gasteiger partial charge on any atom is -0.143 e. The van der Waals surface area contributed by atoms with Crippen LogP contribution in [0.1, 0.15) is 11.1 Å². The van der Waals surface area contributed by atoms with Gasteiger partial charge in [0, 0.05) is 11.3 Å². The number of allylic oxidation sites excluding steroid dienone is 3. The van der Waals surface area contributed by atoms with Crippen molar-refractivity contribution in [2.24, 2.45) is 0 Å². The van der Waals surface area contributed by atoms with E-state index < -0.39 is 0 Å². The Labute approximate surface area is 111 Å². The summed E-state index contributed by atoms with van der Waals surface area (Å²) in [6.07, 6.45) is 12.9. The standard InChI is InChI=1S/C17H11S/c18-11-9-16-14-7-3-1-5-12(14)13-6-2-4-8-15(13)17(16)10-11/h1-10,18H. The Kier molecular flexibility index (Phi) is 2.06. The van der Waals surface area contributed by atoms with Crippen LogP contribution >= 0.6 is 12.6 Å². The maximum Gasteiger partial charge on any atom is 0.0137 e. The molecule has 2 aliphatic carbocycles. The number of hydrogen-bond acceptors (Lipinski definition) is 1. The largest absolute Gasteiger partial charge is 0.143 e. The summed E-state index contributed by atoms with van der Waals surface area (Å²) in [6.45, 7) is 0. The third-order valence-electron chi connectivity index (χ3n) is 3.60.